The van der Waals surface area contributed by atoms with E-state index in [4.69, 9.17) is 0 Å². The summed E-state index contributed by atoms with van der Waals surface area (Å²) in [5.74, 6) is 0.618. The van der Waals surface area contributed by atoms with Crippen molar-refractivity contribution in [2.24, 2.45) is 5.92 Å². The standard InChI is InChI=1S/C15H21N3O2/c1-10(2)7-8-16-15(20)17-12-4-5-13-11(9-12)3-6-14(19)18-13/h4-5,9-10H,3,6-8H2,1-2H3,(H,18,19)(H2,16,17,20). The van der Waals surface area contributed by atoms with E-state index in [9.17, 15) is 9.59 Å². The van der Waals surface area contributed by atoms with Crippen LogP contribution >= 0.6 is 0 Å². The first-order valence-corrected chi connectivity index (χ1v) is 7.02. The molecule has 1 aromatic carbocycles. The van der Waals surface area contributed by atoms with Crippen LogP contribution in [0, 0.1) is 5.92 Å². The number of urea groups is 1. The Morgan fingerprint density at radius 1 is 1.35 bits per heavy atom. The summed E-state index contributed by atoms with van der Waals surface area (Å²) in [7, 11) is 0. The molecule has 1 aliphatic heterocycles. The van der Waals surface area contributed by atoms with Gasteiger partial charge in [-0.25, -0.2) is 4.79 Å². The first-order chi connectivity index (χ1) is 9.54. The zero-order chi connectivity index (χ0) is 14.5. The maximum Gasteiger partial charge on any atom is 0.319 e. The Labute approximate surface area is 119 Å². The van der Waals surface area contributed by atoms with Crippen molar-refractivity contribution in [1.29, 1.82) is 0 Å². The molecule has 2 rings (SSSR count). The molecule has 0 saturated heterocycles. The first-order valence-electron chi connectivity index (χ1n) is 7.02. The second kappa shape index (κ2) is 6.41. The molecule has 3 amide bonds. The highest BCUT2D eigenvalue weighted by atomic mass is 16.2. The molecule has 5 heteroatoms. The van der Waals surface area contributed by atoms with Crippen molar-refractivity contribution in [3.63, 3.8) is 0 Å². The summed E-state index contributed by atoms with van der Waals surface area (Å²) in [6.07, 6.45) is 2.17. The third kappa shape index (κ3) is 3.98. The fraction of sp³-hybridized carbons (Fsp3) is 0.467. The van der Waals surface area contributed by atoms with Crippen LogP contribution in [-0.4, -0.2) is 18.5 Å². The van der Waals surface area contributed by atoms with Crippen molar-refractivity contribution < 1.29 is 9.59 Å². The Morgan fingerprint density at radius 2 is 2.15 bits per heavy atom. The van der Waals surface area contributed by atoms with Crippen molar-refractivity contribution in [3.05, 3.63) is 23.8 Å². The van der Waals surface area contributed by atoms with Crippen LogP contribution in [0.5, 0.6) is 0 Å². The van der Waals surface area contributed by atoms with Crippen LogP contribution in [0.15, 0.2) is 18.2 Å². The number of benzene rings is 1. The van der Waals surface area contributed by atoms with Gasteiger partial charge in [0.15, 0.2) is 0 Å². The van der Waals surface area contributed by atoms with E-state index in [1.165, 1.54) is 0 Å². The van der Waals surface area contributed by atoms with Gasteiger partial charge < -0.3 is 16.0 Å². The largest absolute Gasteiger partial charge is 0.338 e. The lowest BCUT2D eigenvalue weighted by Gasteiger charge is -2.18. The fourth-order valence-electron chi connectivity index (χ4n) is 2.11. The summed E-state index contributed by atoms with van der Waals surface area (Å²) in [6.45, 7) is 4.92. The van der Waals surface area contributed by atoms with E-state index in [2.05, 4.69) is 29.8 Å². The van der Waals surface area contributed by atoms with Gasteiger partial charge in [-0.1, -0.05) is 13.8 Å². The molecule has 108 valence electrons. The number of nitrogens with one attached hydrogen (secondary N) is 3. The SMILES string of the molecule is CC(C)CCNC(=O)Nc1ccc2c(c1)CCC(=O)N2. The Kier molecular flexibility index (Phi) is 4.61. The Bertz CT molecular complexity index is 512. The van der Waals surface area contributed by atoms with Crippen molar-refractivity contribution in [2.75, 3.05) is 17.2 Å². The van der Waals surface area contributed by atoms with E-state index >= 15 is 0 Å². The molecule has 0 saturated carbocycles. The fourth-order valence-corrected chi connectivity index (χ4v) is 2.11. The molecule has 1 aromatic rings. The van der Waals surface area contributed by atoms with E-state index in [0.717, 1.165) is 23.4 Å². The van der Waals surface area contributed by atoms with Gasteiger partial charge in [0.25, 0.3) is 0 Å². The highest BCUT2D eigenvalue weighted by molar-refractivity contribution is 5.95. The number of amides is 3. The molecule has 5 nitrogen and oxygen atoms in total. The maximum absolute atomic E-state index is 11.7. The Hall–Kier alpha value is -2.04. The predicted molar refractivity (Wildman–Crippen MR) is 79.9 cm³/mol. The number of carbonyl (C=O) groups excluding carboxylic acids is 2. The summed E-state index contributed by atoms with van der Waals surface area (Å²) in [5.41, 5.74) is 2.65. The van der Waals surface area contributed by atoms with Gasteiger partial charge in [0.1, 0.15) is 0 Å². The zero-order valence-corrected chi connectivity index (χ0v) is 12.0. The summed E-state index contributed by atoms with van der Waals surface area (Å²) in [4.78, 5) is 23.0. The molecule has 0 spiro atoms. The summed E-state index contributed by atoms with van der Waals surface area (Å²) < 4.78 is 0. The number of hydrogen-bond acceptors (Lipinski definition) is 2. The molecule has 0 aliphatic carbocycles. The molecule has 20 heavy (non-hydrogen) atoms. The minimum absolute atomic E-state index is 0.0460. The third-order valence-electron chi connectivity index (χ3n) is 3.27. The van der Waals surface area contributed by atoms with Gasteiger partial charge in [-0.15, -0.1) is 0 Å². The van der Waals surface area contributed by atoms with E-state index in [0.29, 0.717) is 25.3 Å². The number of carbonyl (C=O) groups is 2. The molecule has 0 unspecified atom stereocenters. The smallest absolute Gasteiger partial charge is 0.319 e. The van der Waals surface area contributed by atoms with E-state index in [1.54, 1.807) is 6.07 Å². The van der Waals surface area contributed by atoms with Gasteiger partial charge in [-0.2, -0.15) is 0 Å². The molecular formula is C15H21N3O2. The second-order valence-electron chi connectivity index (χ2n) is 5.48. The highest BCUT2D eigenvalue weighted by Crippen LogP contribution is 2.25. The van der Waals surface area contributed by atoms with Gasteiger partial charge >= 0.3 is 6.03 Å². The van der Waals surface area contributed by atoms with Crippen LogP contribution in [0.2, 0.25) is 0 Å². The average Bonchev–Trinajstić information content (AvgIpc) is 2.38. The lowest BCUT2D eigenvalue weighted by Crippen LogP contribution is -2.30. The quantitative estimate of drug-likeness (QED) is 0.790. The van der Waals surface area contributed by atoms with Gasteiger partial charge in [0, 0.05) is 24.3 Å². The number of anilines is 2. The summed E-state index contributed by atoms with van der Waals surface area (Å²) in [6, 6.07) is 5.35. The van der Waals surface area contributed by atoms with Crippen LogP contribution < -0.4 is 16.0 Å². The minimum Gasteiger partial charge on any atom is -0.338 e. The molecule has 0 bridgehead atoms. The Morgan fingerprint density at radius 3 is 2.90 bits per heavy atom. The number of fused-ring (bicyclic) bond motifs is 1. The van der Waals surface area contributed by atoms with E-state index in [-0.39, 0.29) is 11.9 Å². The molecule has 0 radical (unpaired) electrons. The van der Waals surface area contributed by atoms with E-state index < -0.39 is 0 Å². The van der Waals surface area contributed by atoms with Crippen LogP contribution in [0.1, 0.15) is 32.3 Å². The van der Waals surface area contributed by atoms with Gasteiger partial charge in [0.2, 0.25) is 5.91 Å². The molecule has 3 N–H and O–H groups in total. The summed E-state index contributed by atoms with van der Waals surface area (Å²) >= 11 is 0. The van der Waals surface area contributed by atoms with E-state index in [1.807, 2.05) is 12.1 Å². The topological polar surface area (TPSA) is 70.2 Å². The molecule has 1 heterocycles. The average molecular weight is 275 g/mol. The maximum atomic E-state index is 11.7. The third-order valence-corrected chi connectivity index (χ3v) is 3.27. The molecular weight excluding hydrogens is 254 g/mol. The minimum atomic E-state index is -0.189. The normalized spacial score (nSPS) is 13.7. The van der Waals surface area contributed by atoms with Crippen LogP contribution in [0.3, 0.4) is 0 Å². The Balaban J connectivity index is 1.90. The van der Waals surface area contributed by atoms with Crippen LogP contribution in [0.25, 0.3) is 0 Å². The van der Waals surface area contributed by atoms with Crippen molar-refractivity contribution in [2.45, 2.75) is 33.1 Å². The van der Waals surface area contributed by atoms with Crippen LogP contribution in [0.4, 0.5) is 16.2 Å². The number of aryl methyl sites for hydroxylation is 1. The summed E-state index contributed by atoms with van der Waals surface area (Å²) in [5, 5.41) is 8.46. The van der Waals surface area contributed by atoms with Crippen molar-refractivity contribution in [1.82, 2.24) is 5.32 Å². The molecule has 0 fully saturated rings. The van der Waals surface area contributed by atoms with Crippen LogP contribution in [-0.2, 0) is 11.2 Å². The van der Waals surface area contributed by atoms with Gasteiger partial charge in [-0.3, -0.25) is 4.79 Å². The van der Waals surface area contributed by atoms with Crippen molar-refractivity contribution >= 4 is 23.3 Å². The monoisotopic (exact) mass is 275 g/mol. The lowest BCUT2D eigenvalue weighted by molar-refractivity contribution is -0.116. The highest BCUT2D eigenvalue weighted by Gasteiger charge is 2.15. The molecule has 0 atom stereocenters. The predicted octanol–water partition coefficient (Wildman–Crippen LogP) is 2.74. The molecule has 1 aliphatic rings. The first kappa shape index (κ1) is 14.4. The molecule has 0 aromatic heterocycles. The lowest BCUT2D eigenvalue weighted by atomic mass is 10.0. The van der Waals surface area contributed by atoms with Gasteiger partial charge in [0.05, 0.1) is 0 Å². The van der Waals surface area contributed by atoms with Crippen molar-refractivity contribution in [3.8, 4) is 0 Å². The number of hydrogen-bond donors (Lipinski definition) is 3. The number of rotatable bonds is 4. The second-order valence-corrected chi connectivity index (χ2v) is 5.48. The van der Waals surface area contributed by atoms with Gasteiger partial charge in [-0.05, 0) is 42.5 Å². The zero-order valence-electron chi connectivity index (χ0n) is 12.0.